The van der Waals surface area contributed by atoms with Crippen molar-refractivity contribution < 1.29 is 32.7 Å². The zero-order chi connectivity index (χ0) is 4.85. The normalized spacial score (nSPS) is 12.1. The summed E-state index contributed by atoms with van der Waals surface area (Å²) in [6.07, 6.45) is 0. The van der Waals surface area contributed by atoms with Crippen molar-refractivity contribution in [1.29, 1.82) is 0 Å². The molecule has 1 aromatic rings. The average molecular weight is 182 g/mol. The van der Waals surface area contributed by atoms with Crippen LogP contribution in [0.15, 0.2) is 0 Å². The quantitative estimate of drug-likeness (QED) is 0.537. The molecule has 1 radical (unpaired) electrons. The number of aromatic nitrogens is 2. The maximum Gasteiger partial charge on any atom is 0.0467 e. The van der Waals surface area contributed by atoms with Crippen molar-refractivity contribution in [3.05, 3.63) is 17.5 Å². The summed E-state index contributed by atoms with van der Waals surface area (Å²) in [5, 5.41) is 4.06. The van der Waals surface area contributed by atoms with Gasteiger partial charge in [-0.05, 0) is 0 Å². The molecule has 2 rings (SSSR count). The van der Waals surface area contributed by atoms with Crippen molar-refractivity contribution >= 4 is 0 Å². The van der Waals surface area contributed by atoms with Crippen molar-refractivity contribution in [2.45, 2.75) is 13.5 Å². The molecule has 1 aliphatic heterocycles. The fraction of sp³-hybridized carbons (Fsp3) is 0.400. The third kappa shape index (κ3) is 0.870. The molecule has 0 aromatic carbocycles. The average Bonchev–Trinajstić information content (AvgIpc) is 2.15. The van der Waals surface area contributed by atoms with E-state index in [1.807, 2.05) is 11.6 Å². The molecule has 1 aliphatic rings. The molecule has 2 heterocycles. The molecule has 0 atom stereocenters. The first kappa shape index (κ1) is 6.43. The Bertz CT molecular complexity index is 183. The first-order valence-corrected chi connectivity index (χ1v) is 2.32. The molecular weight excluding hydrogens is 177 g/mol. The van der Waals surface area contributed by atoms with Gasteiger partial charge >= 0.3 is 0 Å². The van der Waals surface area contributed by atoms with Crippen molar-refractivity contribution in [2.24, 2.45) is 0 Å². The van der Waals surface area contributed by atoms with Crippen LogP contribution in [0.5, 0.6) is 0 Å². The molecule has 0 bridgehead atoms. The zero-order valence-corrected chi connectivity index (χ0v) is 7.52. The summed E-state index contributed by atoms with van der Waals surface area (Å²) in [5.41, 5.74) is 2.26. The van der Waals surface area contributed by atoms with Crippen LogP contribution in [0.2, 0.25) is 0 Å². The Kier molecular flexibility index (Phi) is 1.55. The monoisotopic (exact) mass is 182 g/mol. The SMILES string of the molecule is Cc1[c-]c2n(n1)C2.[Y]. The first-order valence-electron chi connectivity index (χ1n) is 2.32. The Morgan fingerprint density at radius 2 is 2.50 bits per heavy atom. The van der Waals surface area contributed by atoms with Crippen LogP contribution in [0.25, 0.3) is 0 Å². The van der Waals surface area contributed by atoms with Gasteiger partial charge in [-0.1, -0.05) is 6.92 Å². The number of nitrogens with zero attached hydrogens (tertiary/aromatic N) is 2. The fourth-order valence-electron chi connectivity index (χ4n) is 0.721. The topological polar surface area (TPSA) is 17.8 Å². The van der Waals surface area contributed by atoms with Gasteiger partial charge < -0.3 is 10.7 Å². The van der Waals surface area contributed by atoms with Gasteiger partial charge in [-0.25, -0.2) is 5.10 Å². The van der Waals surface area contributed by atoms with Gasteiger partial charge in [0.05, 0.1) is 0 Å². The van der Waals surface area contributed by atoms with E-state index in [0.29, 0.717) is 0 Å². The van der Waals surface area contributed by atoms with Crippen LogP contribution in [0.1, 0.15) is 11.4 Å². The second-order valence-corrected chi connectivity index (χ2v) is 1.81. The Hall–Kier alpha value is 0.314. The van der Waals surface area contributed by atoms with Gasteiger partial charge in [0.15, 0.2) is 0 Å². The summed E-state index contributed by atoms with van der Waals surface area (Å²) >= 11 is 0. The molecule has 0 amide bonds. The van der Waals surface area contributed by atoms with Crippen molar-refractivity contribution in [1.82, 2.24) is 9.78 Å². The molecule has 0 saturated heterocycles. The van der Waals surface area contributed by atoms with E-state index in [1.54, 1.807) is 0 Å². The minimum atomic E-state index is 0. The molecule has 0 unspecified atom stereocenters. The number of fused-ring (bicyclic) bond motifs is 1. The third-order valence-electron chi connectivity index (χ3n) is 1.10. The van der Waals surface area contributed by atoms with Crippen LogP contribution < -0.4 is 0 Å². The predicted octanol–water partition coefficient (Wildman–Crippen LogP) is 0.351. The minimum Gasteiger partial charge on any atom is -0.424 e. The molecule has 39 valence electrons. The van der Waals surface area contributed by atoms with Gasteiger partial charge in [0.2, 0.25) is 0 Å². The van der Waals surface area contributed by atoms with E-state index in [1.165, 1.54) is 5.69 Å². The summed E-state index contributed by atoms with van der Waals surface area (Å²) in [7, 11) is 0. The van der Waals surface area contributed by atoms with Crippen molar-refractivity contribution in [3.63, 3.8) is 0 Å². The summed E-state index contributed by atoms with van der Waals surface area (Å²) in [5.74, 6) is 0. The number of aryl methyl sites for hydroxylation is 1. The summed E-state index contributed by atoms with van der Waals surface area (Å²) in [6.45, 7) is 2.98. The third-order valence-corrected chi connectivity index (χ3v) is 1.10. The van der Waals surface area contributed by atoms with Crippen LogP contribution in [-0.2, 0) is 39.3 Å². The van der Waals surface area contributed by atoms with E-state index in [-0.39, 0.29) is 32.7 Å². The van der Waals surface area contributed by atoms with Gasteiger partial charge in [-0.2, -0.15) is 0 Å². The van der Waals surface area contributed by atoms with Gasteiger partial charge in [0.1, 0.15) is 0 Å². The molecule has 3 heteroatoms. The molecule has 0 spiro atoms. The molecular formula is C5H5N2Y-. The standard InChI is InChI=1S/C5H5N2.Y/c1-4-2-5-3-7(5)6-4;/h3H2,1H3;/q-1;. The summed E-state index contributed by atoms with van der Waals surface area (Å²) < 4.78 is 1.94. The first-order chi connectivity index (χ1) is 3.36. The molecule has 1 aromatic heterocycles. The van der Waals surface area contributed by atoms with Gasteiger partial charge in [-0.15, -0.1) is 11.4 Å². The smallest absolute Gasteiger partial charge is 0.0467 e. The van der Waals surface area contributed by atoms with Gasteiger partial charge in [0.25, 0.3) is 0 Å². The van der Waals surface area contributed by atoms with Gasteiger partial charge in [-0.3, -0.25) is 0 Å². The fourth-order valence-corrected chi connectivity index (χ4v) is 0.721. The van der Waals surface area contributed by atoms with E-state index in [0.717, 1.165) is 12.2 Å². The summed E-state index contributed by atoms with van der Waals surface area (Å²) in [6, 6.07) is 3.08. The van der Waals surface area contributed by atoms with Crippen LogP contribution >= 0.6 is 0 Å². The molecule has 0 saturated carbocycles. The molecule has 8 heavy (non-hydrogen) atoms. The van der Waals surface area contributed by atoms with Crippen LogP contribution in [-0.4, -0.2) is 9.78 Å². The van der Waals surface area contributed by atoms with E-state index >= 15 is 0 Å². The number of hydrogen-bond donors (Lipinski definition) is 0. The molecule has 2 nitrogen and oxygen atoms in total. The van der Waals surface area contributed by atoms with E-state index in [9.17, 15) is 0 Å². The van der Waals surface area contributed by atoms with Crippen LogP contribution in [0, 0.1) is 13.0 Å². The minimum absolute atomic E-state index is 0. The second-order valence-electron chi connectivity index (χ2n) is 1.81. The Morgan fingerprint density at radius 1 is 1.75 bits per heavy atom. The molecule has 0 fully saturated rings. The predicted molar refractivity (Wildman–Crippen MR) is 24.9 cm³/mol. The van der Waals surface area contributed by atoms with E-state index in [4.69, 9.17) is 0 Å². The van der Waals surface area contributed by atoms with Crippen molar-refractivity contribution in [3.8, 4) is 0 Å². The maximum atomic E-state index is 4.06. The van der Waals surface area contributed by atoms with Crippen molar-refractivity contribution in [2.75, 3.05) is 0 Å². The summed E-state index contributed by atoms with van der Waals surface area (Å²) in [4.78, 5) is 0. The number of rotatable bonds is 0. The molecule has 0 aliphatic carbocycles. The molecule has 0 N–H and O–H groups in total. The number of hydrogen-bond acceptors (Lipinski definition) is 1. The van der Waals surface area contributed by atoms with Crippen LogP contribution in [0.3, 0.4) is 0 Å². The van der Waals surface area contributed by atoms with Gasteiger partial charge in [0, 0.05) is 39.3 Å². The van der Waals surface area contributed by atoms with Crippen LogP contribution in [0.4, 0.5) is 0 Å². The largest absolute Gasteiger partial charge is 0.424 e. The Labute approximate surface area is 73.1 Å². The Morgan fingerprint density at radius 3 is 2.75 bits per heavy atom. The van der Waals surface area contributed by atoms with E-state index < -0.39 is 0 Å². The second kappa shape index (κ2) is 1.92. The van der Waals surface area contributed by atoms with E-state index in [2.05, 4.69) is 11.2 Å². The maximum absolute atomic E-state index is 4.06. The zero-order valence-electron chi connectivity index (χ0n) is 4.68. The Balaban J connectivity index is 0.000000320.